The number of ether oxygens (including phenoxy) is 2. The quantitative estimate of drug-likeness (QED) is 0.455. The van der Waals surface area contributed by atoms with Crippen molar-refractivity contribution in [1.82, 2.24) is 5.32 Å². The summed E-state index contributed by atoms with van der Waals surface area (Å²) in [4.78, 5) is 23.4. The highest BCUT2D eigenvalue weighted by Crippen LogP contribution is 2.39. The van der Waals surface area contributed by atoms with Crippen LogP contribution in [0, 0.1) is 5.41 Å². The Kier molecular flexibility index (Phi) is 5.42. The summed E-state index contributed by atoms with van der Waals surface area (Å²) in [6.07, 6.45) is 2.94. The fourth-order valence-electron chi connectivity index (χ4n) is 2.72. The number of nitrogens with one attached hydrogen (secondary N) is 1. The standard InChI is InChI=1S/C18H23NO4/c1-4-11-22-15(20)12-13-7-9-14(10-8-13)23-17-18(5-2,6-3)16(21)19-17/h4,7-10,17H,1,5-6,11-12H2,2-3H3,(H,19,21). The van der Waals surface area contributed by atoms with Crippen LogP contribution in [0.5, 0.6) is 5.75 Å². The Bertz CT molecular complexity index is 575. The van der Waals surface area contributed by atoms with E-state index < -0.39 is 5.41 Å². The molecule has 1 heterocycles. The minimum Gasteiger partial charge on any atom is -0.470 e. The van der Waals surface area contributed by atoms with E-state index in [0.29, 0.717) is 5.75 Å². The molecule has 5 nitrogen and oxygen atoms in total. The molecule has 0 radical (unpaired) electrons. The first kappa shape index (κ1) is 17.1. The largest absolute Gasteiger partial charge is 0.470 e. The summed E-state index contributed by atoms with van der Waals surface area (Å²) in [6.45, 7) is 7.71. The van der Waals surface area contributed by atoms with E-state index in [9.17, 15) is 9.59 Å². The van der Waals surface area contributed by atoms with Crippen LogP contribution in [-0.4, -0.2) is 24.7 Å². The number of hydrogen-bond acceptors (Lipinski definition) is 4. The highest BCUT2D eigenvalue weighted by atomic mass is 16.5. The molecular formula is C18H23NO4. The second-order valence-corrected chi connectivity index (χ2v) is 5.63. The molecule has 1 aromatic carbocycles. The number of carbonyl (C=O) groups excluding carboxylic acids is 2. The molecule has 2 rings (SSSR count). The van der Waals surface area contributed by atoms with Crippen LogP contribution in [-0.2, 0) is 20.7 Å². The van der Waals surface area contributed by atoms with Crippen molar-refractivity contribution in [2.75, 3.05) is 6.61 Å². The molecule has 1 amide bonds. The molecule has 1 aliphatic heterocycles. The number of carbonyl (C=O) groups is 2. The first-order valence-corrected chi connectivity index (χ1v) is 7.88. The van der Waals surface area contributed by atoms with E-state index in [0.717, 1.165) is 18.4 Å². The molecule has 0 aliphatic carbocycles. The van der Waals surface area contributed by atoms with Crippen LogP contribution in [0.25, 0.3) is 0 Å². The molecule has 0 saturated carbocycles. The predicted molar refractivity (Wildman–Crippen MR) is 86.9 cm³/mol. The molecule has 1 fully saturated rings. The Morgan fingerprint density at radius 3 is 2.48 bits per heavy atom. The third kappa shape index (κ3) is 3.55. The average Bonchev–Trinajstić information content (AvgIpc) is 2.55. The third-order valence-electron chi connectivity index (χ3n) is 4.37. The van der Waals surface area contributed by atoms with Crippen molar-refractivity contribution in [3.05, 3.63) is 42.5 Å². The van der Waals surface area contributed by atoms with Crippen LogP contribution >= 0.6 is 0 Å². The van der Waals surface area contributed by atoms with Gasteiger partial charge in [0.25, 0.3) is 0 Å². The molecule has 0 bridgehead atoms. The van der Waals surface area contributed by atoms with E-state index in [4.69, 9.17) is 9.47 Å². The third-order valence-corrected chi connectivity index (χ3v) is 4.37. The summed E-state index contributed by atoms with van der Waals surface area (Å²) in [7, 11) is 0. The Balaban J connectivity index is 1.94. The van der Waals surface area contributed by atoms with Crippen LogP contribution < -0.4 is 10.1 Å². The molecule has 0 spiro atoms. The normalized spacial score (nSPS) is 18.5. The van der Waals surface area contributed by atoms with Crippen molar-refractivity contribution in [3.8, 4) is 5.75 Å². The number of esters is 1. The van der Waals surface area contributed by atoms with Crippen molar-refractivity contribution in [1.29, 1.82) is 0 Å². The number of rotatable bonds is 8. The van der Waals surface area contributed by atoms with Gasteiger partial charge in [-0.3, -0.25) is 9.59 Å². The highest BCUT2D eigenvalue weighted by molar-refractivity contribution is 5.89. The minimum atomic E-state index is -0.437. The zero-order chi connectivity index (χ0) is 16.9. The van der Waals surface area contributed by atoms with Crippen LogP contribution in [0.2, 0.25) is 0 Å². The van der Waals surface area contributed by atoms with Crippen LogP contribution in [0.3, 0.4) is 0 Å². The Morgan fingerprint density at radius 2 is 1.96 bits per heavy atom. The van der Waals surface area contributed by atoms with Gasteiger partial charge >= 0.3 is 5.97 Å². The van der Waals surface area contributed by atoms with Gasteiger partial charge in [-0.15, -0.1) is 0 Å². The second kappa shape index (κ2) is 7.31. The number of β-lactam (4-membered cyclic amide) rings is 1. The zero-order valence-electron chi connectivity index (χ0n) is 13.6. The molecule has 1 aromatic rings. The topological polar surface area (TPSA) is 64.6 Å². The molecule has 0 aromatic heterocycles. The number of benzene rings is 1. The van der Waals surface area contributed by atoms with Crippen molar-refractivity contribution in [2.45, 2.75) is 39.3 Å². The van der Waals surface area contributed by atoms with E-state index in [-0.39, 0.29) is 31.1 Å². The lowest BCUT2D eigenvalue weighted by molar-refractivity contribution is -0.161. The lowest BCUT2D eigenvalue weighted by atomic mass is 9.73. The van der Waals surface area contributed by atoms with Gasteiger partial charge in [-0.05, 0) is 30.5 Å². The van der Waals surface area contributed by atoms with Gasteiger partial charge in [-0.25, -0.2) is 0 Å². The first-order valence-electron chi connectivity index (χ1n) is 7.88. The van der Waals surface area contributed by atoms with Crippen molar-refractivity contribution >= 4 is 11.9 Å². The maximum absolute atomic E-state index is 11.8. The second-order valence-electron chi connectivity index (χ2n) is 5.63. The van der Waals surface area contributed by atoms with Crippen LogP contribution in [0.1, 0.15) is 32.3 Å². The number of amides is 1. The summed E-state index contributed by atoms with van der Waals surface area (Å²) in [5.74, 6) is 0.430. The van der Waals surface area contributed by atoms with E-state index in [1.165, 1.54) is 6.08 Å². The van der Waals surface area contributed by atoms with Crippen LogP contribution in [0.4, 0.5) is 0 Å². The molecule has 1 aliphatic rings. The van der Waals surface area contributed by atoms with Crippen molar-refractivity contribution in [3.63, 3.8) is 0 Å². The summed E-state index contributed by atoms with van der Waals surface area (Å²) < 4.78 is 10.8. The van der Waals surface area contributed by atoms with Gasteiger partial charge in [-0.2, -0.15) is 0 Å². The van der Waals surface area contributed by atoms with Crippen molar-refractivity contribution in [2.24, 2.45) is 5.41 Å². The van der Waals surface area contributed by atoms with E-state index in [1.54, 1.807) is 12.1 Å². The van der Waals surface area contributed by atoms with E-state index in [1.807, 2.05) is 26.0 Å². The summed E-state index contributed by atoms with van der Waals surface area (Å²) >= 11 is 0. The Morgan fingerprint density at radius 1 is 1.30 bits per heavy atom. The van der Waals surface area contributed by atoms with Crippen molar-refractivity contribution < 1.29 is 19.1 Å². The molecule has 1 saturated heterocycles. The summed E-state index contributed by atoms with van der Waals surface area (Å²) in [5.41, 5.74) is 0.411. The monoisotopic (exact) mass is 317 g/mol. The molecular weight excluding hydrogens is 294 g/mol. The summed E-state index contributed by atoms with van der Waals surface area (Å²) in [6, 6.07) is 7.25. The van der Waals surface area contributed by atoms with Gasteiger partial charge in [0.2, 0.25) is 5.91 Å². The predicted octanol–water partition coefficient (Wildman–Crippen LogP) is 2.60. The molecule has 1 unspecified atom stereocenters. The van der Waals surface area contributed by atoms with Gasteiger partial charge in [0, 0.05) is 0 Å². The van der Waals surface area contributed by atoms with Gasteiger partial charge in [0.1, 0.15) is 17.8 Å². The molecule has 124 valence electrons. The maximum atomic E-state index is 11.8. The molecule has 5 heteroatoms. The number of hydrogen-bond donors (Lipinski definition) is 1. The molecule has 1 N–H and O–H groups in total. The van der Waals surface area contributed by atoms with Gasteiger partial charge in [0.15, 0.2) is 6.23 Å². The lowest BCUT2D eigenvalue weighted by Crippen LogP contribution is -2.69. The Labute approximate surface area is 136 Å². The first-order chi connectivity index (χ1) is 11.1. The smallest absolute Gasteiger partial charge is 0.310 e. The maximum Gasteiger partial charge on any atom is 0.310 e. The minimum absolute atomic E-state index is 0.0501. The van der Waals surface area contributed by atoms with Gasteiger partial charge < -0.3 is 14.8 Å². The fraction of sp³-hybridized carbons (Fsp3) is 0.444. The lowest BCUT2D eigenvalue weighted by Gasteiger charge is -2.47. The zero-order valence-corrected chi connectivity index (χ0v) is 13.6. The summed E-state index contributed by atoms with van der Waals surface area (Å²) in [5, 5.41) is 2.81. The Hall–Kier alpha value is -2.30. The average molecular weight is 317 g/mol. The van der Waals surface area contributed by atoms with E-state index >= 15 is 0 Å². The van der Waals surface area contributed by atoms with Crippen LogP contribution in [0.15, 0.2) is 36.9 Å². The van der Waals surface area contributed by atoms with E-state index in [2.05, 4.69) is 11.9 Å². The molecule has 1 atom stereocenters. The van der Waals surface area contributed by atoms with Gasteiger partial charge in [0.05, 0.1) is 6.42 Å². The van der Waals surface area contributed by atoms with Gasteiger partial charge in [-0.1, -0.05) is 38.6 Å². The SMILES string of the molecule is C=CCOC(=O)Cc1ccc(OC2NC(=O)C2(CC)CC)cc1. The molecule has 23 heavy (non-hydrogen) atoms. The fourth-order valence-corrected chi connectivity index (χ4v) is 2.72. The highest BCUT2D eigenvalue weighted by Gasteiger charge is 2.54.